The Bertz CT molecular complexity index is 621. The molecule has 7 heteroatoms. The Balaban J connectivity index is 2.30. The highest BCUT2D eigenvalue weighted by molar-refractivity contribution is 8.26. The molecule has 2 heterocycles. The van der Waals surface area contributed by atoms with E-state index in [2.05, 4.69) is 0 Å². The topological polar surface area (TPSA) is 62.5 Å². The summed E-state index contributed by atoms with van der Waals surface area (Å²) in [5, 5.41) is 9.30. The number of thiocarbonyl (C=S) groups is 1. The lowest BCUT2D eigenvalue weighted by Crippen LogP contribution is -2.43. The van der Waals surface area contributed by atoms with Crippen molar-refractivity contribution in [2.45, 2.75) is 25.8 Å². The summed E-state index contributed by atoms with van der Waals surface area (Å²) in [6, 6.07) is 2.87. The Labute approximate surface area is 132 Å². The number of amides is 1. The molecule has 0 aliphatic carbocycles. The van der Waals surface area contributed by atoms with Crippen molar-refractivity contribution >= 4 is 46.3 Å². The zero-order valence-electron chi connectivity index (χ0n) is 11.8. The van der Waals surface area contributed by atoms with E-state index in [1.54, 1.807) is 6.08 Å². The smallest absolute Gasteiger partial charge is 0.326 e. The number of aryl methyl sites for hydroxylation is 1. The van der Waals surface area contributed by atoms with Crippen LogP contribution in [-0.4, -0.2) is 36.8 Å². The van der Waals surface area contributed by atoms with Gasteiger partial charge in [0.1, 0.15) is 10.4 Å². The molecule has 1 atom stereocenters. The first kappa shape index (κ1) is 15.8. The molecule has 1 aliphatic rings. The molecule has 1 amide bonds. The van der Waals surface area contributed by atoms with Crippen molar-refractivity contribution in [1.82, 2.24) is 9.47 Å². The van der Waals surface area contributed by atoms with Crippen molar-refractivity contribution < 1.29 is 14.7 Å². The quantitative estimate of drug-likeness (QED) is 0.666. The van der Waals surface area contributed by atoms with Gasteiger partial charge >= 0.3 is 5.97 Å². The number of carboxylic acids is 1. The Kier molecular flexibility index (Phi) is 4.84. The first-order valence-electron chi connectivity index (χ1n) is 6.57. The van der Waals surface area contributed by atoms with E-state index in [-0.39, 0.29) is 5.91 Å². The number of carbonyl (C=O) groups is 2. The normalized spacial score (nSPS) is 18.6. The maximum Gasteiger partial charge on any atom is 0.326 e. The van der Waals surface area contributed by atoms with Gasteiger partial charge in [-0.3, -0.25) is 9.69 Å². The number of carboxylic acid groups (broad SMARTS) is 1. The monoisotopic (exact) mass is 324 g/mol. The van der Waals surface area contributed by atoms with E-state index in [1.807, 2.05) is 36.9 Å². The van der Waals surface area contributed by atoms with Crippen LogP contribution in [0.5, 0.6) is 0 Å². The summed E-state index contributed by atoms with van der Waals surface area (Å²) >= 11 is 6.34. The molecule has 112 valence electrons. The van der Waals surface area contributed by atoms with Gasteiger partial charge in [0.15, 0.2) is 0 Å². The minimum atomic E-state index is -1.02. The van der Waals surface area contributed by atoms with Gasteiger partial charge in [0.2, 0.25) is 0 Å². The second-order valence-electron chi connectivity index (χ2n) is 4.74. The molecule has 2 rings (SSSR count). The number of carbonyl (C=O) groups excluding carboxylic acids is 1. The van der Waals surface area contributed by atoms with Crippen molar-refractivity contribution in [3.05, 3.63) is 28.9 Å². The fourth-order valence-electron chi connectivity index (χ4n) is 2.14. The second kappa shape index (κ2) is 6.44. The molecule has 1 aliphatic heterocycles. The first-order chi connectivity index (χ1) is 9.95. The Morgan fingerprint density at radius 3 is 2.81 bits per heavy atom. The van der Waals surface area contributed by atoms with Gasteiger partial charge in [0, 0.05) is 18.9 Å². The van der Waals surface area contributed by atoms with E-state index >= 15 is 0 Å². The van der Waals surface area contributed by atoms with E-state index in [1.165, 1.54) is 4.90 Å². The number of hydrogen-bond donors (Lipinski definition) is 1. The highest BCUT2D eigenvalue weighted by Crippen LogP contribution is 2.34. The van der Waals surface area contributed by atoms with Gasteiger partial charge in [-0.25, -0.2) is 4.79 Å². The zero-order valence-corrected chi connectivity index (χ0v) is 13.4. The van der Waals surface area contributed by atoms with Gasteiger partial charge in [0.25, 0.3) is 5.91 Å². The standard InChI is InChI=1S/C14H16N2O3S2/c1-3-5-10(13(18)19)16-12(17)11(21-14(16)20)8-9-6-4-7-15(9)2/h4,6-8,10H,3,5H2,1-2H3,(H,18,19)/b11-8-/t10-/m1/s1. The molecule has 0 saturated carbocycles. The molecule has 5 nitrogen and oxygen atoms in total. The number of rotatable bonds is 5. The fourth-order valence-corrected chi connectivity index (χ4v) is 3.48. The molecule has 0 unspecified atom stereocenters. The van der Waals surface area contributed by atoms with Crippen molar-refractivity contribution in [1.29, 1.82) is 0 Å². The maximum absolute atomic E-state index is 12.5. The van der Waals surface area contributed by atoms with Gasteiger partial charge in [-0.15, -0.1) is 0 Å². The molecule has 21 heavy (non-hydrogen) atoms. The van der Waals surface area contributed by atoms with E-state index in [4.69, 9.17) is 12.2 Å². The van der Waals surface area contributed by atoms with Crippen LogP contribution in [0.3, 0.4) is 0 Å². The zero-order chi connectivity index (χ0) is 15.6. The molecule has 0 bridgehead atoms. The minimum absolute atomic E-state index is 0.307. The van der Waals surface area contributed by atoms with Crippen LogP contribution < -0.4 is 0 Å². The highest BCUT2D eigenvalue weighted by Gasteiger charge is 2.39. The van der Waals surface area contributed by atoms with Crippen LogP contribution in [0, 0.1) is 0 Å². The van der Waals surface area contributed by atoms with Crippen molar-refractivity contribution in [3.8, 4) is 0 Å². The average Bonchev–Trinajstić information content (AvgIpc) is 2.93. The molecule has 1 fully saturated rings. The third-order valence-electron chi connectivity index (χ3n) is 3.25. The maximum atomic E-state index is 12.5. The summed E-state index contributed by atoms with van der Waals surface area (Å²) < 4.78 is 2.19. The molecule has 1 N–H and O–H groups in total. The first-order valence-corrected chi connectivity index (χ1v) is 7.79. The molecule has 1 aromatic heterocycles. The largest absolute Gasteiger partial charge is 0.480 e. The van der Waals surface area contributed by atoms with Crippen LogP contribution in [0.1, 0.15) is 25.5 Å². The predicted octanol–water partition coefficient (Wildman–Crippen LogP) is 2.48. The predicted molar refractivity (Wildman–Crippen MR) is 86.8 cm³/mol. The van der Waals surface area contributed by atoms with Gasteiger partial charge < -0.3 is 9.67 Å². The molecule has 1 saturated heterocycles. The number of thioether (sulfide) groups is 1. The van der Waals surface area contributed by atoms with Crippen LogP contribution in [-0.2, 0) is 16.6 Å². The number of aliphatic carboxylic acids is 1. The summed E-state index contributed by atoms with van der Waals surface area (Å²) in [7, 11) is 1.88. The summed E-state index contributed by atoms with van der Waals surface area (Å²) in [5.74, 6) is -1.35. The molecule has 0 radical (unpaired) electrons. The Morgan fingerprint density at radius 2 is 2.29 bits per heavy atom. The lowest BCUT2D eigenvalue weighted by molar-refractivity contribution is -0.145. The third-order valence-corrected chi connectivity index (χ3v) is 4.58. The Hall–Kier alpha value is -1.60. The number of nitrogens with zero attached hydrogens (tertiary/aromatic N) is 2. The van der Waals surface area contributed by atoms with Crippen LogP contribution in [0.15, 0.2) is 23.2 Å². The summed E-state index contributed by atoms with van der Waals surface area (Å²) in [6.07, 6.45) is 4.68. The van der Waals surface area contributed by atoms with Gasteiger partial charge in [-0.05, 0) is 24.6 Å². The van der Waals surface area contributed by atoms with Crippen LogP contribution in [0.2, 0.25) is 0 Å². The van der Waals surface area contributed by atoms with E-state index < -0.39 is 12.0 Å². The van der Waals surface area contributed by atoms with Crippen molar-refractivity contribution in [3.63, 3.8) is 0 Å². The lowest BCUT2D eigenvalue weighted by Gasteiger charge is -2.22. The molecular formula is C14H16N2O3S2. The average molecular weight is 324 g/mol. The van der Waals surface area contributed by atoms with E-state index in [9.17, 15) is 14.7 Å². The fraction of sp³-hybridized carbons (Fsp3) is 0.357. The van der Waals surface area contributed by atoms with Gasteiger partial charge in [-0.2, -0.15) is 0 Å². The van der Waals surface area contributed by atoms with Crippen LogP contribution >= 0.6 is 24.0 Å². The molecule has 0 spiro atoms. The SMILES string of the molecule is CCC[C@H](C(=O)O)N1C(=O)/C(=C/c2cccn2C)SC1=S. The van der Waals surface area contributed by atoms with E-state index in [0.29, 0.717) is 22.1 Å². The minimum Gasteiger partial charge on any atom is -0.480 e. The summed E-state index contributed by atoms with van der Waals surface area (Å²) in [6.45, 7) is 1.88. The molecule has 0 aromatic carbocycles. The Morgan fingerprint density at radius 1 is 1.57 bits per heavy atom. The van der Waals surface area contributed by atoms with Crippen LogP contribution in [0.4, 0.5) is 0 Å². The number of aromatic nitrogens is 1. The highest BCUT2D eigenvalue weighted by atomic mass is 32.2. The summed E-state index contributed by atoms with van der Waals surface area (Å²) in [4.78, 5) is 25.5. The van der Waals surface area contributed by atoms with Crippen LogP contribution in [0.25, 0.3) is 6.08 Å². The molecule has 1 aromatic rings. The van der Waals surface area contributed by atoms with Gasteiger partial charge in [-0.1, -0.05) is 37.3 Å². The van der Waals surface area contributed by atoms with E-state index in [0.717, 1.165) is 17.5 Å². The summed E-state index contributed by atoms with van der Waals surface area (Å²) in [5.41, 5.74) is 0.873. The van der Waals surface area contributed by atoms with Crippen molar-refractivity contribution in [2.75, 3.05) is 0 Å². The van der Waals surface area contributed by atoms with Gasteiger partial charge in [0.05, 0.1) is 4.91 Å². The number of hydrogen-bond acceptors (Lipinski definition) is 4. The second-order valence-corrected chi connectivity index (χ2v) is 6.41. The lowest BCUT2D eigenvalue weighted by atomic mass is 10.1. The molecular weight excluding hydrogens is 308 g/mol. The third kappa shape index (κ3) is 3.19. The van der Waals surface area contributed by atoms with Crippen molar-refractivity contribution in [2.24, 2.45) is 7.05 Å².